The number of ether oxygens (including phenoxy) is 1. The summed E-state index contributed by atoms with van der Waals surface area (Å²) in [5, 5.41) is 0.000287. The summed E-state index contributed by atoms with van der Waals surface area (Å²) in [6, 6.07) is 11.4. The summed E-state index contributed by atoms with van der Waals surface area (Å²) in [7, 11) is -3.92. The van der Waals surface area contributed by atoms with Crippen molar-refractivity contribution >= 4 is 33.5 Å². The van der Waals surface area contributed by atoms with Crippen LogP contribution in [0.4, 0.5) is 0 Å². The minimum atomic E-state index is -3.92. The molecule has 1 heterocycles. The van der Waals surface area contributed by atoms with E-state index >= 15 is 0 Å². The van der Waals surface area contributed by atoms with Crippen LogP contribution in [0, 0.1) is 0 Å². The first-order chi connectivity index (χ1) is 12.8. The van der Waals surface area contributed by atoms with Crippen molar-refractivity contribution < 1.29 is 22.7 Å². The number of nitrogens with zero attached hydrogens (tertiary/aromatic N) is 1. The van der Waals surface area contributed by atoms with E-state index < -0.39 is 28.5 Å². The highest BCUT2D eigenvalue weighted by molar-refractivity contribution is 7.89. The van der Waals surface area contributed by atoms with Crippen LogP contribution in [-0.4, -0.2) is 37.8 Å². The van der Waals surface area contributed by atoms with Crippen molar-refractivity contribution in [2.75, 3.05) is 13.2 Å². The van der Waals surface area contributed by atoms with Crippen LogP contribution in [0.25, 0.3) is 0 Å². The average molecular weight is 409 g/mol. The Labute approximate surface area is 161 Å². The molecule has 2 aromatic carbocycles. The summed E-state index contributed by atoms with van der Waals surface area (Å²) >= 11 is 6.10. The quantitative estimate of drug-likeness (QED) is 0.758. The van der Waals surface area contributed by atoms with Crippen LogP contribution in [0.2, 0.25) is 5.02 Å². The van der Waals surface area contributed by atoms with Crippen molar-refractivity contribution in [3.63, 3.8) is 0 Å². The van der Waals surface area contributed by atoms with Gasteiger partial charge in [0.2, 0.25) is 10.0 Å². The zero-order chi connectivity index (χ0) is 19.6. The Morgan fingerprint density at radius 2 is 1.85 bits per heavy atom. The molecule has 0 bridgehead atoms. The number of hydrogen-bond donors (Lipinski definition) is 1. The Kier molecular flexibility index (Phi) is 5.50. The third kappa shape index (κ3) is 4.13. The molecule has 0 saturated carbocycles. The maximum absolute atomic E-state index is 13.1. The molecule has 2 N–H and O–H groups in total. The fourth-order valence-corrected chi connectivity index (χ4v) is 4.78. The third-order valence-corrected chi connectivity index (χ3v) is 6.55. The highest BCUT2D eigenvalue weighted by Crippen LogP contribution is 2.30. The van der Waals surface area contributed by atoms with Gasteiger partial charge in [-0.05, 0) is 35.7 Å². The van der Waals surface area contributed by atoms with Gasteiger partial charge >= 0.3 is 5.97 Å². The maximum Gasteiger partial charge on any atom is 0.338 e. The molecule has 0 aliphatic carbocycles. The zero-order valence-corrected chi connectivity index (χ0v) is 15.8. The molecule has 0 unspecified atom stereocenters. The van der Waals surface area contributed by atoms with E-state index in [1.807, 2.05) is 24.3 Å². The molecule has 142 valence electrons. The van der Waals surface area contributed by atoms with Crippen molar-refractivity contribution in [3.05, 3.63) is 64.2 Å². The summed E-state index contributed by atoms with van der Waals surface area (Å²) in [6.45, 7) is -0.0519. The standard InChI is InChI=1S/C18H17ClN2O5S/c19-15-6-5-13(18(23)26-11-17(20)22)9-16(15)27(24,25)21-8-7-12-3-1-2-4-14(12)10-21/h1-6,9H,7-8,10-11H2,(H2,20,22). The van der Waals surface area contributed by atoms with E-state index in [0.717, 1.165) is 17.2 Å². The normalized spacial score (nSPS) is 14.4. The molecule has 2 aromatic rings. The predicted octanol–water partition coefficient (Wildman–Crippen LogP) is 1.73. The molecule has 27 heavy (non-hydrogen) atoms. The van der Waals surface area contributed by atoms with Crippen LogP contribution in [0.15, 0.2) is 47.4 Å². The molecule has 1 amide bonds. The van der Waals surface area contributed by atoms with Crippen LogP contribution < -0.4 is 5.73 Å². The molecule has 0 saturated heterocycles. The van der Waals surface area contributed by atoms with Gasteiger partial charge in [-0.15, -0.1) is 0 Å². The summed E-state index contributed by atoms with van der Waals surface area (Å²) in [5.41, 5.74) is 6.95. The molecule has 0 fully saturated rings. The molecular formula is C18H17ClN2O5S. The van der Waals surface area contributed by atoms with Crippen LogP contribution in [0.3, 0.4) is 0 Å². The Hall–Kier alpha value is -2.42. The lowest BCUT2D eigenvalue weighted by atomic mass is 10.0. The van der Waals surface area contributed by atoms with E-state index in [4.69, 9.17) is 22.1 Å². The van der Waals surface area contributed by atoms with Crippen molar-refractivity contribution in [2.45, 2.75) is 17.9 Å². The first kappa shape index (κ1) is 19.3. The number of benzene rings is 2. The first-order valence-electron chi connectivity index (χ1n) is 8.11. The van der Waals surface area contributed by atoms with Gasteiger partial charge in [-0.1, -0.05) is 35.9 Å². The smallest absolute Gasteiger partial charge is 0.338 e. The van der Waals surface area contributed by atoms with Gasteiger partial charge < -0.3 is 10.5 Å². The monoisotopic (exact) mass is 408 g/mol. The van der Waals surface area contributed by atoms with Gasteiger partial charge in [0, 0.05) is 13.1 Å². The van der Waals surface area contributed by atoms with Crippen LogP contribution >= 0.6 is 11.6 Å². The number of carbonyl (C=O) groups is 2. The molecule has 0 atom stereocenters. The van der Waals surface area contributed by atoms with Crippen LogP contribution in [0.5, 0.6) is 0 Å². The van der Waals surface area contributed by atoms with Crippen molar-refractivity contribution in [1.82, 2.24) is 4.31 Å². The van der Waals surface area contributed by atoms with Crippen LogP contribution in [-0.2, 0) is 32.5 Å². The lowest BCUT2D eigenvalue weighted by Gasteiger charge is -2.28. The second kappa shape index (κ2) is 7.67. The molecular weight excluding hydrogens is 392 g/mol. The number of halogens is 1. The lowest BCUT2D eigenvalue weighted by molar-refractivity contribution is -0.121. The summed E-state index contributed by atoms with van der Waals surface area (Å²) in [5.74, 6) is -1.66. The third-order valence-electron chi connectivity index (χ3n) is 4.23. The summed E-state index contributed by atoms with van der Waals surface area (Å²) < 4.78 is 32.2. The topological polar surface area (TPSA) is 107 Å². The van der Waals surface area contributed by atoms with Gasteiger partial charge in [-0.25, -0.2) is 13.2 Å². The second-order valence-electron chi connectivity index (χ2n) is 6.04. The Morgan fingerprint density at radius 1 is 1.15 bits per heavy atom. The fourth-order valence-electron chi connectivity index (χ4n) is 2.86. The number of primary amides is 1. The predicted molar refractivity (Wildman–Crippen MR) is 98.7 cm³/mol. The van der Waals surface area contributed by atoms with E-state index in [-0.39, 0.29) is 22.0 Å². The first-order valence-corrected chi connectivity index (χ1v) is 9.93. The number of fused-ring (bicyclic) bond motifs is 1. The number of hydrogen-bond acceptors (Lipinski definition) is 5. The van der Waals surface area contributed by atoms with E-state index in [0.29, 0.717) is 13.0 Å². The molecule has 0 spiro atoms. The minimum Gasteiger partial charge on any atom is -0.452 e. The van der Waals surface area contributed by atoms with Crippen LogP contribution in [0.1, 0.15) is 21.5 Å². The maximum atomic E-state index is 13.1. The highest BCUT2D eigenvalue weighted by atomic mass is 35.5. The second-order valence-corrected chi connectivity index (χ2v) is 8.36. The minimum absolute atomic E-state index is 0.000287. The van der Waals surface area contributed by atoms with Gasteiger partial charge in [0.05, 0.1) is 10.6 Å². The van der Waals surface area contributed by atoms with Gasteiger partial charge in [0.1, 0.15) is 4.90 Å². The number of nitrogens with two attached hydrogens (primary N) is 1. The largest absolute Gasteiger partial charge is 0.452 e. The number of esters is 1. The number of sulfonamides is 1. The number of amides is 1. The molecule has 0 radical (unpaired) electrons. The molecule has 9 heteroatoms. The number of rotatable bonds is 5. The van der Waals surface area contributed by atoms with Crippen molar-refractivity contribution in [1.29, 1.82) is 0 Å². The Morgan fingerprint density at radius 3 is 2.56 bits per heavy atom. The average Bonchev–Trinajstić information content (AvgIpc) is 2.65. The summed E-state index contributed by atoms with van der Waals surface area (Å²) in [4.78, 5) is 22.6. The van der Waals surface area contributed by atoms with E-state index in [1.54, 1.807) is 0 Å². The van der Waals surface area contributed by atoms with Gasteiger partial charge in [-0.3, -0.25) is 4.79 Å². The fraction of sp³-hybridized carbons (Fsp3) is 0.222. The lowest BCUT2D eigenvalue weighted by Crippen LogP contribution is -2.36. The molecule has 1 aliphatic rings. The van der Waals surface area contributed by atoms with Gasteiger partial charge in [0.25, 0.3) is 5.91 Å². The number of carbonyl (C=O) groups excluding carboxylic acids is 2. The summed E-state index contributed by atoms with van der Waals surface area (Å²) in [6.07, 6.45) is 0.591. The van der Waals surface area contributed by atoms with Gasteiger partial charge in [0.15, 0.2) is 6.61 Å². The van der Waals surface area contributed by atoms with Gasteiger partial charge in [-0.2, -0.15) is 4.31 Å². The van der Waals surface area contributed by atoms with Crippen molar-refractivity contribution in [2.24, 2.45) is 5.73 Å². The zero-order valence-electron chi connectivity index (χ0n) is 14.2. The van der Waals surface area contributed by atoms with E-state index in [9.17, 15) is 18.0 Å². The Balaban J connectivity index is 1.89. The Bertz CT molecular complexity index is 1010. The molecule has 1 aliphatic heterocycles. The highest BCUT2D eigenvalue weighted by Gasteiger charge is 2.30. The molecule has 7 nitrogen and oxygen atoms in total. The SMILES string of the molecule is NC(=O)COC(=O)c1ccc(Cl)c(S(=O)(=O)N2CCc3ccccc3C2)c1. The molecule has 3 rings (SSSR count). The van der Waals surface area contributed by atoms with E-state index in [1.165, 1.54) is 16.4 Å². The van der Waals surface area contributed by atoms with E-state index in [2.05, 4.69) is 0 Å². The molecule has 0 aromatic heterocycles. The van der Waals surface area contributed by atoms with Crippen molar-refractivity contribution in [3.8, 4) is 0 Å².